The zero-order valence-corrected chi connectivity index (χ0v) is 11.9. The van der Waals surface area contributed by atoms with Gasteiger partial charge in [-0.05, 0) is 31.4 Å². The fourth-order valence-corrected chi connectivity index (χ4v) is 3.11. The minimum Gasteiger partial charge on any atom is -0.380 e. The second kappa shape index (κ2) is 6.55. The number of halogens is 1. The van der Waals surface area contributed by atoms with Gasteiger partial charge in [0.2, 0.25) is 0 Å². The van der Waals surface area contributed by atoms with Gasteiger partial charge in [0.05, 0.1) is 6.10 Å². The second-order valence-electron chi connectivity index (χ2n) is 5.07. The van der Waals surface area contributed by atoms with Crippen LogP contribution >= 0.6 is 11.6 Å². The number of benzene rings is 1. The van der Waals surface area contributed by atoms with E-state index in [-0.39, 0.29) is 6.04 Å². The van der Waals surface area contributed by atoms with Crippen LogP contribution in [0.5, 0.6) is 0 Å². The maximum atomic E-state index is 6.24. The first kappa shape index (κ1) is 13.9. The predicted molar refractivity (Wildman–Crippen MR) is 76.1 cm³/mol. The molecule has 1 saturated carbocycles. The first-order valence-electron chi connectivity index (χ1n) is 6.75. The molecule has 1 fully saturated rings. The average molecular weight is 268 g/mol. The van der Waals surface area contributed by atoms with Crippen molar-refractivity contribution >= 4 is 11.6 Å². The molecule has 0 aromatic heterocycles. The molecule has 0 heterocycles. The second-order valence-corrected chi connectivity index (χ2v) is 5.48. The van der Waals surface area contributed by atoms with Gasteiger partial charge in [0.15, 0.2) is 0 Å². The number of hydrogen-bond donors (Lipinski definition) is 1. The van der Waals surface area contributed by atoms with Gasteiger partial charge in [0.25, 0.3) is 0 Å². The first-order valence-corrected chi connectivity index (χ1v) is 7.13. The lowest BCUT2D eigenvalue weighted by Gasteiger charge is -2.33. The van der Waals surface area contributed by atoms with Crippen LogP contribution in [0.1, 0.15) is 44.2 Å². The van der Waals surface area contributed by atoms with Crippen LogP contribution in [0.25, 0.3) is 0 Å². The lowest BCUT2D eigenvalue weighted by atomic mass is 9.91. The highest BCUT2D eigenvalue weighted by Crippen LogP contribution is 2.26. The Kier molecular flexibility index (Phi) is 5.04. The van der Waals surface area contributed by atoms with E-state index in [4.69, 9.17) is 16.3 Å². The molecule has 1 aromatic rings. The van der Waals surface area contributed by atoms with Crippen LogP contribution in [-0.4, -0.2) is 19.3 Å². The SMILES string of the molecule is COC1CCCCC1N[C@H](C)c1ccccc1Cl. The van der Waals surface area contributed by atoms with Gasteiger partial charge in [0, 0.05) is 24.2 Å². The maximum Gasteiger partial charge on any atom is 0.0724 e. The average Bonchev–Trinajstić information content (AvgIpc) is 2.39. The van der Waals surface area contributed by atoms with E-state index in [1.807, 2.05) is 25.3 Å². The van der Waals surface area contributed by atoms with Crippen LogP contribution in [0, 0.1) is 0 Å². The molecule has 1 N–H and O–H groups in total. The molecule has 0 radical (unpaired) electrons. The maximum absolute atomic E-state index is 6.24. The molecule has 2 rings (SSSR count). The lowest BCUT2D eigenvalue weighted by molar-refractivity contribution is 0.0384. The molecule has 3 heteroatoms. The number of methoxy groups -OCH3 is 1. The summed E-state index contributed by atoms with van der Waals surface area (Å²) in [7, 11) is 1.81. The Bertz CT molecular complexity index is 383. The highest BCUT2D eigenvalue weighted by atomic mass is 35.5. The third-order valence-corrected chi connectivity index (χ3v) is 4.19. The van der Waals surface area contributed by atoms with E-state index in [2.05, 4.69) is 18.3 Å². The first-order chi connectivity index (χ1) is 8.72. The molecule has 0 spiro atoms. The zero-order chi connectivity index (χ0) is 13.0. The quantitative estimate of drug-likeness (QED) is 0.892. The van der Waals surface area contributed by atoms with Crippen LogP contribution < -0.4 is 5.32 Å². The normalized spacial score (nSPS) is 25.9. The predicted octanol–water partition coefficient (Wildman–Crippen LogP) is 3.95. The van der Waals surface area contributed by atoms with Gasteiger partial charge in [-0.3, -0.25) is 0 Å². The summed E-state index contributed by atoms with van der Waals surface area (Å²) in [6, 6.07) is 8.74. The van der Waals surface area contributed by atoms with E-state index >= 15 is 0 Å². The molecule has 18 heavy (non-hydrogen) atoms. The number of ether oxygens (including phenoxy) is 1. The van der Waals surface area contributed by atoms with Crippen LogP contribution in [0.4, 0.5) is 0 Å². The molecular weight excluding hydrogens is 246 g/mol. The van der Waals surface area contributed by atoms with E-state index in [0.29, 0.717) is 12.1 Å². The monoisotopic (exact) mass is 267 g/mol. The highest BCUT2D eigenvalue weighted by Gasteiger charge is 2.26. The van der Waals surface area contributed by atoms with Gasteiger partial charge in [-0.2, -0.15) is 0 Å². The van der Waals surface area contributed by atoms with Crippen molar-refractivity contribution in [3.8, 4) is 0 Å². The Morgan fingerprint density at radius 2 is 2.00 bits per heavy atom. The molecule has 1 aromatic carbocycles. The topological polar surface area (TPSA) is 21.3 Å². The largest absolute Gasteiger partial charge is 0.380 e. The van der Waals surface area contributed by atoms with E-state index in [1.165, 1.54) is 24.8 Å². The molecule has 0 amide bonds. The molecule has 100 valence electrons. The molecule has 2 nitrogen and oxygen atoms in total. The number of rotatable bonds is 4. The molecule has 2 unspecified atom stereocenters. The number of nitrogens with one attached hydrogen (secondary N) is 1. The molecule has 0 bridgehead atoms. The summed E-state index contributed by atoms with van der Waals surface area (Å²) in [4.78, 5) is 0. The molecular formula is C15H22ClNO. The standard InChI is InChI=1S/C15H22ClNO/c1-11(12-7-3-4-8-13(12)16)17-14-9-5-6-10-15(14)18-2/h3-4,7-8,11,14-15,17H,5-6,9-10H2,1-2H3/t11-,14?,15?/m1/s1. The third-order valence-electron chi connectivity index (χ3n) is 3.84. The van der Waals surface area contributed by atoms with Crippen LogP contribution in [0.2, 0.25) is 5.02 Å². The van der Waals surface area contributed by atoms with Crippen molar-refractivity contribution in [2.75, 3.05) is 7.11 Å². The summed E-state index contributed by atoms with van der Waals surface area (Å²) in [6.45, 7) is 2.17. The zero-order valence-electron chi connectivity index (χ0n) is 11.2. The Morgan fingerprint density at radius 1 is 1.28 bits per heavy atom. The van der Waals surface area contributed by atoms with Gasteiger partial charge >= 0.3 is 0 Å². The molecule has 1 aliphatic rings. The summed E-state index contributed by atoms with van der Waals surface area (Å²) in [6.07, 6.45) is 5.24. The van der Waals surface area contributed by atoms with Gasteiger partial charge in [-0.1, -0.05) is 42.6 Å². The minimum atomic E-state index is 0.263. The summed E-state index contributed by atoms with van der Waals surface area (Å²) in [5, 5.41) is 4.50. The van der Waals surface area contributed by atoms with Crippen molar-refractivity contribution in [1.82, 2.24) is 5.32 Å². The van der Waals surface area contributed by atoms with Crippen LogP contribution in [0.3, 0.4) is 0 Å². The van der Waals surface area contributed by atoms with Gasteiger partial charge < -0.3 is 10.1 Å². The van der Waals surface area contributed by atoms with Crippen molar-refractivity contribution in [3.63, 3.8) is 0 Å². The van der Waals surface area contributed by atoms with Crippen molar-refractivity contribution in [2.45, 2.75) is 50.8 Å². The van der Waals surface area contributed by atoms with E-state index < -0.39 is 0 Å². The van der Waals surface area contributed by atoms with Gasteiger partial charge in [0.1, 0.15) is 0 Å². The van der Waals surface area contributed by atoms with Crippen LogP contribution in [-0.2, 0) is 4.74 Å². The van der Waals surface area contributed by atoms with Crippen molar-refractivity contribution < 1.29 is 4.74 Å². The lowest BCUT2D eigenvalue weighted by Crippen LogP contribution is -2.44. The molecule has 3 atom stereocenters. The molecule has 1 aliphatic carbocycles. The van der Waals surface area contributed by atoms with E-state index in [9.17, 15) is 0 Å². The summed E-state index contributed by atoms with van der Waals surface area (Å²) < 4.78 is 5.58. The van der Waals surface area contributed by atoms with Gasteiger partial charge in [-0.15, -0.1) is 0 Å². The molecule has 0 aliphatic heterocycles. The Balaban J connectivity index is 2.02. The minimum absolute atomic E-state index is 0.263. The summed E-state index contributed by atoms with van der Waals surface area (Å²) in [5.41, 5.74) is 1.17. The third kappa shape index (κ3) is 3.25. The highest BCUT2D eigenvalue weighted by molar-refractivity contribution is 6.31. The van der Waals surface area contributed by atoms with Gasteiger partial charge in [-0.25, -0.2) is 0 Å². The van der Waals surface area contributed by atoms with Crippen molar-refractivity contribution in [1.29, 1.82) is 0 Å². The summed E-state index contributed by atoms with van der Waals surface area (Å²) >= 11 is 6.24. The fraction of sp³-hybridized carbons (Fsp3) is 0.600. The van der Waals surface area contributed by atoms with Crippen LogP contribution in [0.15, 0.2) is 24.3 Å². The Hall–Kier alpha value is -0.570. The Labute approximate surface area is 115 Å². The van der Waals surface area contributed by atoms with E-state index in [1.54, 1.807) is 0 Å². The van der Waals surface area contributed by atoms with E-state index in [0.717, 1.165) is 11.4 Å². The van der Waals surface area contributed by atoms with Crippen molar-refractivity contribution in [2.24, 2.45) is 0 Å². The smallest absolute Gasteiger partial charge is 0.0724 e. The molecule has 0 saturated heterocycles. The number of hydrogen-bond acceptors (Lipinski definition) is 2. The van der Waals surface area contributed by atoms with Crippen molar-refractivity contribution in [3.05, 3.63) is 34.9 Å². The fourth-order valence-electron chi connectivity index (χ4n) is 2.81. The summed E-state index contributed by atoms with van der Waals surface area (Å²) in [5.74, 6) is 0. The Morgan fingerprint density at radius 3 is 2.72 bits per heavy atom.